The summed E-state index contributed by atoms with van der Waals surface area (Å²) < 4.78 is 11.3. The van der Waals surface area contributed by atoms with Crippen LogP contribution in [0.15, 0.2) is 65.1 Å². The van der Waals surface area contributed by atoms with Gasteiger partial charge in [-0.3, -0.25) is 0 Å². The Morgan fingerprint density at radius 2 is 1.88 bits per heavy atom. The number of urea groups is 1. The van der Waals surface area contributed by atoms with Crippen LogP contribution in [0, 0.1) is 0 Å². The molecule has 0 unspecified atom stereocenters. The Kier molecular flexibility index (Phi) is 5.57. The smallest absolute Gasteiger partial charge is 0.315 e. The van der Waals surface area contributed by atoms with Gasteiger partial charge in [0.2, 0.25) is 0 Å². The summed E-state index contributed by atoms with van der Waals surface area (Å²) in [6.07, 6.45) is 0.641. The third kappa shape index (κ3) is 5.01. The fraction of sp³-hybridized carbons (Fsp3) is 0.250. The largest absolute Gasteiger partial charge is 0.492 e. The molecule has 2 aromatic carbocycles. The van der Waals surface area contributed by atoms with Gasteiger partial charge < -0.3 is 19.8 Å². The van der Waals surface area contributed by atoms with Gasteiger partial charge in [-0.1, -0.05) is 36.4 Å². The molecule has 0 aliphatic carbocycles. The lowest BCUT2D eigenvalue weighted by Crippen LogP contribution is -2.42. The molecule has 0 fully saturated rings. The molecule has 0 radical (unpaired) electrons. The number of furan rings is 1. The van der Waals surface area contributed by atoms with Crippen molar-refractivity contribution in [3.8, 4) is 5.75 Å². The number of para-hydroxylation sites is 2. The molecule has 0 aliphatic heterocycles. The molecule has 0 bridgehead atoms. The van der Waals surface area contributed by atoms with Crippen LogP contribution >= 0.6 is 0 Å². The second-order valence-corrected chi connectivity index (χ2v) is 5.92. The summed E-state index contributed by atoms with van der Waals surface area (Å²) in [4.78, 5) is 11.9. The Morgan fingerprint density at radius 3 is 2.68 bits per heavy atom. The zero-order valence-corrected chi connectivity index (χ0v) is 14.2. The average Bonchev–Trinajstić information content (AvgIpc) is 3.01. The molecule has 5 nitrogen and oxygen atoms in total. The van der Waals surface area contributed by atoms with E-state index in [1.54, 1.807) is 0 Å². The maximum atomic E-state index is 11.9. The molecule has 1 heterocycles. The maximum Gasteiger partial charge on any atom is 0.315 e. The number of carbonyl (C=O) groups excluding carboxylic acids is 1. The van der Waals surface area contributed by atoms with E-state index in [0.29, 0.717) is 19.6 Å². The normalized spacial score (nSPS) is 11.9. The highest BCUT2D eigenvalue weighted by atomic mass is 16.5. The van der Waals surface area contributed by atoms with Crippen LogP contribution < -0.4 is 15.4 Å². The molecule has 25 heavy (non-hydrogen) atoms. The Bertz CT molecular complexity index is 781. The van der Waals surface area contributed by atoms with Gasteiger partial charge in [0.15, 0.2) is 0 Å². The number of nitrogens with one attached hydrogen (secondary N) is 2. The monoisotopic (exact) mass is 338 g/mol. The van der Waals surface area contributed by atoms with Crippen molar-refractivity contribution in [2.45, 2.75) is 19.4 Å². The first kappa shape index (κ1) is 16.9. The van der Waals surface area contributed by atoms with Gasteiger partial charge >= 0.3 is 6.03 Å². The Labute approximate surface area is 147 Å². The van der Waals surface area contributed by atoms with Crippen LogP contribution in [0.5, 0.6) is 5.75 Å². The van der Waals surface area contributed by atoms with Crippen molar-refractivity contribution in [2.75, 3.05) is 13.2 Å². The molecule has 0 saturated carbocycles. The lowest BCUT2D eigenvalue weighted by molar-refractivity contribution is 0.233. The van der Waals surface area contributed by atoms with Crippen molar-refractivity contribution in [2.24, 2.45) is 0 Å². The van der Waals surface area contributed by atoms with Crippen LogP contribution in [-0.4, -0.2) is 25.2 Å². The second kappa shape index (κ2) is 8.24. The van der Waals surface area contributed by atoms with Gasteiger partial charge in [0.1, 0.15) is 23.7 Å². The summed E-state index contributed by atoms with van der Waals surface area (Å²) in [5.74, 6) is 1.66. The first-order valence-corrected chi connectivity index (χ1v) is 8.40. The van der Waals surface area contributed by atoms with Crippen LogP contribution in [0.25, 0.3) is 11.0 Å². The van der Waals surface area contributed by atoms with Crippen LogP contribution in [0.2, 0.25) is 0 Å². The number of hydrogen-bond donors (Lipinski definition) is 2. The number of benzene rings is 2. The fourth-order valence-electron chi connectivity index (χ4n) is 2.62. The Morgan fingerprint density at radius 1 is 1.12 bits per heavy atom. The number of fused-ring (bicyclic) bond motifs is 1. The van der Waals surface area contributed by atoms with Gasteiger partial charge in [-0.25, -0.2) is 4.79 Å². The van der Waals surface area contributed by atoms with Gasteiger partial charge in [0.05, 0.1) is 6.54 Å². The molecule has 2 N–H and O–H groups in total. The molecular weight excluding hydrogens is 316 g/mol. The number of amides is 2. The highest BCUT2D eigenvalue weighted by Crippen LogP contribution is 2.19. The minimum Gasteiger partial charge on any atom is -0.492 e. The first-order valence-electron chi connectivity index (χ1n) is 8.40. The van der Waals surface area contributed by atoms with Gasteiger partial charge in [-0.2, -0.15) is 0 Å². The van der Waals surface area contributed by atoms with Crippen LogP contribution in [0.1, 0.15) is 12.7 Å². The lowest BCUT2D eigenvalue weighted by atomic mass is 10.2. The molecule has 0 spiro atoms. The minimum atomic E-state index is -0.208. The van der Waals surface area contributed by atoms with Gasteiger partial charge in [-0.15, -0.1) is 0 Å². The molecule has 1 atom stereocenters. The van der Waals surface area contributed by atoms with Crippen molar-refractivity contribution < 1.29 is 13.9 Å². The molecule has 0 saturated heterocycles. The van der Waals surface area contributed by atoms with E-state index < -0.39 is 0 Å². The van der Waals surface area contributed by atoms with Crippen molar-refractivity contribution >= 4 is 17.0 Å². The quantitative estimate of drug-likeness (QED) is 0.645. The predicted molar refractivity (Wildman–Crippen MR) is 97.9 cm³/mol. The number of carbonyl (C=O) groups is 1. The van der Waals surface area contributed by atoms with Crippen molar-refractivity contribution in [1.82, 2.24) is 10.6 Å². The van der Waals surface area contributed by atoms with E-state index in [0.717, 1.165) is 22.5 Å². The highest BCUT2D eigenvalue weighted by molar-refractivity contribution is 5.77. The zero-order chi connectivity index (χ0) is 17.5. The molecule has 3 aromatic rings. The van der Waals surface area contributed by atoms with E-state index in [-0.39, 0.29) is 12.1 Å². The average molecular weight is 338 g/mol. The topological polar surface area (TPSA) is 63.5 Å². The minimum absolute atomic E-state index is 0.0318. The van der Waals surface area contributed by atoms with E-state index in [2.05, 4.69) is 10.6 Å². The molecule has 0 aliphatic rings. The molecular formula is C20H22N2O3. The SMILES string of the molecule is C[C@@H](Cc1cc2ccccc2o1)NC(=O)NCCOc1ccccc1. The highest BCUT2D eigenvalue weighted by Gasteiger charge is 2.11. The lowest BCUT2D eigenvalue weighted by Gasteiger charge is -2.13. The maximum absolute atomic E-state index is 11.9. The second-order valence-electron chi connectivity index (χ2n) is 5.92. The van der Waals surface area contributed by atoms with Crippen LogP contribution in [-0.2, 0) is 6.42 Å². The predicted octanol–water partition coefficient (Wildman–Crippen LogP) is 3.74. The third-order valence-corrected chi connectivity index (χ3v) is 3.76. The number of rotatable bonds is 7. The van der Waals surface area contributed by atoms with Crippen LogP contribution in [0.3, 0.4) is 0 Å². The summed E-state index contributed by atoms with van der Waals surface area (Å²) in [6.45, 7) is 2.82. The van der Waals surface area contributed by atoms with Gasteiger partial charge in [-0.05, 0) is 31.2 Å². The van der Waals surface area contributed by atoms with E-state index >= 15 is 0 Å². The van der Waals surface area contributed by atoms with E-state index in [9.17, 15) is 4.79 Å². The number of ether oxygens (including phenoxy) is 1. The molecule has 1 aromatic heterocycles. The summed E-state index contributed by atoms with van der Waals surface area (Å²) in [5.41, 5.74) is 0.868. The van der Waals surface area contributed by atoms with Crippen molar-refractivity contribution in [3.63, 3.8) is 0 Å². The van der Waals surface area contributed by atoms with Gasteiger partial charge in [0.25, 0.3) is 0 Å². The first-order chi connectivity index (χ1) is 12.2. The van der Waals surface area contributed by atoms with Gasteiger partial charge in [0, 0.05) is 17.8 Å². The molecule has 3 rings (SSSR count). The van der Waals surface area contributed by atoms with E-state index in [4.69, 9.17) is 9.15 Å². The molecule has 5 heteroatoms. The summed E-state index contributed by atoms with van der Waals surface area (Å²) in [6, 6.07) is 19.2. The summed E-state index contributed by atoms with van der Waals surface area (Å²) in [5, 5.41) is 6.77. The Hall–Kier alpha value is -2.95. The summed E-state index contributed by atoms with van der Waals surface area (Å²) >= 11 is 0. The van der Waals surface area contributed by atoms with E-state index in [1.165, 1.54) is 0 Å². The molecule has 130 valence electrons. The zero-order valence-electron chi connectivity index (χ0n) is 14.2. The third-order valence-electron chi connectivity index (χ3n) is 3.76. The fourth-order valence-corrected chi connectivity index (χ4v) is 2.62. The van der Waals surface area contributed by atoms with Crippen molar-refractivity contribution in [1.29, 1.82) is 0 Å². The summed E-state index contributed by atoms with van der Waals surface area (Å²) in [7, 11) is 0. The standard InChI is InChI=1S/C20H22N2O3/c1-15(13-18-14-16-7-5-6-10-19(16)25-18)22-20(23)21-11-12-24-17-8-3-2-4-9-17/h2-10,14-15H,11-13H2,1H3,(H2,21,22,23)/t15-/m0/s1. The van der Waals surface area contributed by atoms with Crippen molar-refractivity contribution in [3.05, 3.63) is 66.4 Å². The Balaban J connectivity index is 1.38. The number of hydrogen-bond acceptors (Lipinski definition) is 3. The van der Waals surface area contributed by atoms with E-state index in [1.807, 2.05) is 67.6 Å². The molecule has 2 amide bonds. The van der Waals surface area contributed by atoms with Crippen LogP contribution in [0.4, 0.5) is 4.79 Å².